The van der Waals surface area contributed by atoms with E-state index in [9.17, 15) is 0 Å². The zero-order valence-electron chi connectivity index (χ0n) is 11.2. The molecule has 0 atom stereocenters. The fraction of sp³-hybridized carbons (Fsp3) is 0.500. The first-order valence-electron chi connectivity index (χ1n) is 6.87. The van der Waals surface area contributed by atoms with Crippen molar-refractivity contribution in [3.8, 4) is 11.8 Å². The molecule has 1 aliphatic rings. The molecule has 1 fully saturated rings. The molecule has 0 unspecified atom stereocenters. The minimum absolute atomic E-state index is 0.114. The number of aliphatic hydroxyl groups is 1. The van der Waals surface area contributed by atoms with E-state index >= 15 is 0 Å². The molecule has 0 amide bonds. The molecule has 1 N–H and O–H groups in total. The zero-order valence-corrected chi connectivity index (χ0v) is 11.2. The van der Waals surface area contributed by atoms with Crippen molar-refractivity contribution in [3.63, 3.8) is 0 Å². The van der Waals surface area contributed by atoms with Crippen molar-refractivity contribution in [3.05, 3.63) is 35.9 Å². The van der Waals surface area contributed by atoms with Crippen LogP contribution in [0.3, 0.4) is 0 Å². The average molecular weight is 259 g/mol. The number of rotatable bonds is 4. The third kappa shape index (κ3) is 5.04. The van der Waals surface area contributed by atoms with Crippen molar-refractivity contribution in [1.82, 2.24) is 4.90 Å². The quantitative estimate of drug-likeness (QED) is 0.832. The minimum Gasteiger partial charge on any atom is -0.394 e. The predicted molar refractivity (Wildman–Crippen MR) is 75.8 cm³/mol. The molecule has 3 nitrogen and oxygen atoms in total. The Morgan fingerprint density at radius 2 is 1.95 bits per heavy atom. The van der Waals surface area contributed by atoms with Gasteiger partial charge in [0, 0.05) is 18.7 Å². The standard InChI is InChI=1S/C16H21NO2/c18-13-14-19-16-8-11-17(12-9-16)10-4-7-15-5-2-1-3-6-15/h1-3,5-6,16,18H,8-14H2. The van der Waals surface area contributed by atoms with Gasteiger partial charge in [-0.3, -0.25) is 4.90 Å². The van der Waals surface area contributed by atoms with Crippen molar-refractivity contribution in [2.75, 3.05) is 32.8 Å². The van der Waals surface area contributed by atoms with E-state index in [2.05, 4.69) is 16.7 Å². The molecule has 0 saturated carbocycles. The van der Waals surface area contributed by atoms with Gasteiger partial charge in [0.15, 0.2) is 0 Å². The molecule has 1 heterocycles. The molecule has 1 saturated heterocycles. The summed E-state index contributed by atoms with van der Waals surface area (Å²) in [5.74, 6) is 6.41. The summed E-state index contributed by atoms with van der Waals surface area (Å²) in [5.41, 5.74) is 1.07. The van der Waals surface area contributed by atoms with Gasteiger partial charge >= 0.3 is 0 Å². The van der Waals surface area contributed by atoms with Gasteiger partial charge in [0.1, 0.15) is 0 Å². The molecule has 102 valence electrons. The Morgan fingerprint density at radius 3 is 2.63 bits per heavy atom. The minimum atomic E-state index is 0.114. The Labute approximate surface area is 115 Å². The molecule has 0 aliphatic carbocycles. The Bertz CT molecular complexity index is 413. The average Bonchev–Trinajstić information content (AvgIpc) is 2.47. The second kappa shape index (κ2) is 7.96. The van der Waals surface area contributed by atoms with Crippen LogP contribution < -0.4 is 0 Å². The molecule has 19 heavy (non-hydrogen) atoms. The number of nitrogens with zero attached hydrogens (tertiary/aromatic N) is 1. The van der Waals surface area contributed by atoms with Crippen molar-refractivity contribution < 1.29 is 9.84 Å². The topological polar surface area (TPSA) is 32.7 Å². The largest absolute Gasteiger partial charge is 0.394 e. The second-order valence-corrected chi connectivity index (χ2v) is 4.74. The normalized spacial score (nSPS) is 16.9. The summed E-state index contributed by atoms with van der Waals surface area (Å²) in [6.45, 7) is 3.45. The monoisotopic (exact) mass is 259 g/mol. The molecule has 1 aromatic carbocycles. The van der Waals surface area contributed by atoms with Gasteiger partial charge in [0.05, 0.1) is 25.9 Å². The highest BCUT2D eigenvalue weighted by Gasteiger charge is 2.18. The van der Waals surface area contributed by atoms with Crippen LogP contribution in [0.1, 0.15) is 18.4 Å². The van der Waals surface area contributed by atoms with Crippen LogP contribution in [0.4, 0.5) is 0 Å². The Morgan fingerprint density at radius 1 is 1.21 bits per heavy atom. The highest BCUT2D eigenvalue weighted by Crippen LogP contribution is 2.12. The van der Waals surface area contributed by atoms with Crippen molar-refractivity contribution >= 4 is 0 Å². The van der Waals surface area contributed by atoms with Gasteiger partial charge in [0.25, 0.3) is 0 Å². The van der Waals surface area contributed by atoms with Crippen molar-refractivity contribution in [1.29, 1.82) is 0 Å². The van der Waals surface area contributed by atoms with Crippen LogP contribution in [-0.2, 0) is 4.74 Å². The number of benzene rings is 1. The number of ether oxygens (including phenoxy) is 1. The maximum absolute atomic E-state index is 8.72. The molecular weight excluding hydrogens is 238 g/mol. The lowest BCUT2D eigenvalue weighted by molar-refractivity contribution is -0.00561. The van der Waals surface area contributed by atoms with Gasteiger partial charge in [-0.25, -0.2) is 0 Å². The number of aliphatic hydroxyl groups excluding tert-OH is 1. The number of hydrogen-bond donors (Lipinski definition) is 1. The summed E-state index contributed by atoms with van der Waals surface area (Å²) in [6, 6.07) is 10.1. The number of hydrogen-bond acceptors (Lipinski definition) is 3. The van der Waals surface area contributed by atoms with Gasteiger partial charge in [-0.05, 0) is 25.0 Å². The lowest BCUT2D eigenvalue weighted by Crippen LogP contribution is -2.37. The van der Waals surface area contributed by atoms with Gasteiger partial charge in [-0.15, -0.1) is 0 Å². The van der Waals surface area contributed by atoms with Crippen molar-refractivity contribution in [2.24, 2.45) is 0 Å². The summed E-state index contributed by atoms with van der Waals surface area (Å²) < 4.78 is 5.54. The molecule has 1 aliphatic heterocycles. The second-order valence-electron chi connectivity index (χ2n) is 4.74. The first kappa shape index (κ1) is 14.1. The summed E-state index contributed by atoms with van der Waals surface area (Å²) in [5, 5.41) is 8.72. The lowest BCUT2D eigenvalue weighted by atomic mass is 10.1. The highest BCUT2D eigenvalue weighted by atomic mass is 16.5. The van der Waals surface area contributed by atoms with E-state index in [4.69, 9.17) is 9.84 Å². The number of likely N-dealkylation sites (tertiary alicyclic amines) is 1. The van der Waals surface area contributed by atoms with Gasteiger partial charge in [-0.2, -0.15) is 0 Å². The summed E-state index contributed by atoms with van der Waals surface area (Å²) in [6.07, 6.45) is 2.38. The first-order chi connectivity index (χ1) is 9.38. The molecule has 0 bridgehead atoms. The molecule has 0 aromatic heterocycles. The molecule has 0 radical (unpaired) electrons. The van der Waals surface area contributed by atoms with E-state index in [1.54, 1.807) is 0 Å². The Kier molecular flexibility index (Phi) is 5.90. The lowest BCUT2D eigenvalue weighted by Gasteiger charge is -2.30. The van der Waals surface area contributed by atoms with E-state index in [1.165, 1.54) is 0 Å². The zero-order chi connectivity index (χ0) is 13.3. The van der Waals surface area contributed by atoms with Gasteiger partial charge in [-0.1, -0.05) is 30.0 Å². The van der Waals surface area contributed by atoms with Crippen LogP contribution in [-0.4, -0.2) is 49.0 Å². The highest BCUT2D eigenvalue weighted by molar-refractivity contribution is 5.33. The maximum atomic E-state index is 8.72. The van der Waals surface area contributed by atoms with Gasteiger partial charge in [0.2, 0.25) is 0 Å². The fourth-order valence-corrected chi connectivity index (χ4v) is 2.23. The smallest absolute Gasteiger partial charge is 0.0701 e. The number of piperidine rings is 1. The van der Waals surface area contributed by atoms with Crippen LogP contribution in [0.5, 0.6) is 0 Å². The molecule has 2 rings (SSSR count). The van der Waals surface area contributed by atoms with E-state index < -0.39 is 0 Å². The fourth-order valence-electron chi connectivity index (χ4n) is 2.23. The Hall–Kier alpha value is -1.34. The predicted octanol–water partition coefficient (Wildman–Crippen LogP) is 1.51. The Balaban J connectivity index is 1.70. The third-order valence-corrected chi connectivity index (χ3v) is 3.29. The summed E-state index contributed by atoms with van der Waals surface area (Å²) in [4.78, 5) is 2.36. The SMILES string of the molecule is OCCOC1CCN(CC#Cc2ccccc2)CC1. The van der Waals surface area contributed by atoms with Crippen LogP contribution >= 0.6 is 0 Å². The van der Waals surface area contributed by atoms with Gasteiger partial charge < -0.3 is 9.84 Å². The van der Waals surface area contributed by atoms with Crippen LogP contribution in [0.15, 0.2) is 30.3 Å². The van der Waals surface area contributed by atoms with E-state index in [0.29, 0.717) is 12.7 Å². The van der Waals surface area contributed by atoms with E-state index in [0.717, 1.165) is 38.0 Å². The summed E-state index contributed by atoms with van der Waals surface area (Å²) in [7, 11) is 0. The van der Waals surface area contributed by atoms with Crippen LogP contribution in [0, 0.1) is 11.8 Å². The molecule has 1 aromatic rings. The first-order valence-corrected chi connectivity index (χ1v) is 6.87. The molecule has 3 heteroatoms. The van der Waals surface area contributed by atoms with E-state index in [1.807, 2.05) is 30.3 Å². The molecule has 0 spiro atoms. The van der Waals surface area contributed by atoms with Crippen molar-refractivity contribution in [2.45, 2.75) is 18.9 Å². The van der Waals surface area contributed by atoms with Crippen LogP contribution in [0.2, 0.25) is 0 Å². The molecular formula is C16H21NO2. The van der Waals surface area contributed by atoms with E-state index in [-0.39, 0.29) is 6.61 Å². The van der Waals surface area contributed by atoms with Crippen LogP contribution in [0.25, 0.3) is 0 Å². The maximum Gasteiger partial charge on any atom is 0.0701 e. The third-order valence-electron chi connectivity index (χ3n) is 3.29. The summed E-state index contributed by atoms with van der Waals surface area (Å²) >= 11 is 0.